The van der Waals surface area contributed by atoms with Crippen molar-refractivity contribution in [2.45, 2.75) is 33.6 Å². The Balaban J connectivity index is 1.80. The Bertz CT molecular complexity index is 939. The standard InChI is InChI=1S/C21H27N5OS/c1-14(2)8-11-23-20(27)18-15(3)17-19(24-13-25-21(17)28-18)26(4)12-9-16-7-5-6-10-22-16/h5-7,10,13-14H,8-9,11-12H2,1-4H3,(H,23,27). The van der Waals surface area contributed by atoms with E-state index in [4.69, 9.17) is 0 Å². The van der Waals surface area contributed by atoms with Crippen LogP contribution >= 0.6 is 11.3 Å². The van der Waals surface area contributed by atoms with Gasteiger partial charge in [-0.25, -0.2) is 9.97 Å². The van der Waals surface area contributed by atoms with E-state index in [0.29, 0.717) is 12.5 Å². The summed E-state index contributed by atoms with van der Waals surface area (Å²) in [4.78, 5) is 29.6. The van der Waals surface area contributed by atoms with Crippen LogP contribution in [0.1, 0.15) is 41.2 Å². The number of amides is 1. The lowest BCUT2D eigenvalue weighted by Crippen LogP contribution is -2.25. The van der Waals surface area contributed by atoms with E-state index in [2.05, 4.69) is 39.0 Å². The smallest absolute Gasteiger partial charge is 0.261 e. The molecule has 0 saturated carbocycles. The summed E-state index contributed by atoms with van der Waals surface area (Å²) < 4.78 is 0. The van der Waals surface area contributed by atoms with Crippen LogP contribution in [0.15, 0.2) is 30.7 Å². The summed E-state index contributed by atoms with van der Waals surface area (Å²) in [6.45, 7) is 7.76. The number of aromatic nitrogens is 3. The maximum Gasteiger partial charge on any atom is 0.261 e. The summed E-state index contributed by atoms with van der Waals surface area (Å²) in [5.74, 6) is 1.40. The summed E-state index contributed by atoms with van der Waals surface area (Å²) >= 11 is 1.43. The molecular formula is C21H27N5OS. The van der Waals surface area contributed by atoms with Crippen molar-refractivity contribution in [2.24, 2.45) is 5.92 Å². The zero-order valence-electron chi connectivity index (χ0n) is 16.9. The van der Waals surface area contributed by atoms with Crippen molar-refractivity contribution in [1.29, 1.82) is 0 Å². The van der Waals surface area contributed by atoms with Gasteiger partial charge in [0.1, 0.15) is 17.0 Å². The molecule has 148 valence electrons. The first-order valence-corrected chi connectivity index (χ1v) is 10.4. The highest BCUT2D eigenvalue weighted by molar-refractivity contribution is 7.20. The van der Waals surface area contributed by atoms with Gasteiger partial charge >= 0.3 is 0 Å². The van der Waals surface area contributed by atoms with Crippen LogP contribution in [0.2, 0.25) is 0 Å². The third kappa shape index (κ3) is 4.65. The molecule has 0 bridgehead atoms. The fourth-order valence-electron chi connectivity index (χ4n) is 3.05. The van der Waals surface area contributed by atoms with Crippen LogP contribution in [0.5, 0.6) is 0 Å². The normalized spacial score (nSPS) is 11.2. The van der Waals surface area contributed by atoms with Gasteiger partial charge in [0.2, 0.25) is 0 Å². The zero-order valence-corrected chi connectivity index (χ0v) is 17.7. The van der Waals surface area contributed by atoms with Gasteiger partial charge in [-0.2, -0.15) is 0 Å². The molecule has 7 heteroatoms. The second-order valence-corrected chi connectivity index (χ2v) is 8.36. The monoisotopic (exact) mass is 397 g/mol. The highest BCUT2D eigenvalue weighted by atomic mass is 32.1. The predicted octanol–water partition coefficient (Wildman–Crippen LogP) is 3.85. The highest BCUT2D eigenvalue weighted by Gasteiger charge is 2.20. The van der Waals surface area contributed by atoms with Crippen LogP contribution in [-0.4, -0.2) is 41.0 Å². The number of likely N-dealkylation sites (N-methyl/N-ethyl adjacent to an activating group) is 1. The number of hydrogen-bond donors (Lipinski definition) is 1. The number of pyridine rings is 1. The molecule has 6 nitrogen and oxygen atoms in total. The Morgan fingerprint density at radius 2 is 2.07 bits per heavy atom. The number of carbonyl (C=O) groups is 1. The van der Waals surface area contributed by atoms with Crippen molar-refractivity contribution >= 4 is 33.3 Å². The van der Waals surface area contributed by atoms with Gasteiger partial charge in [-0.1, -0.05) is 19.9 Å². The Kier molecular flexibility index (Phi) is 6.57. The van der Waals surface area contributed by atoms with Crippen molar-refractivity contribution in [2.75, 3.05) is 25.0 Å². The molecule has 0 aliphatic carbocycles. The number of fused-ring (bicyclic) bond motifs is 1. The summed E-state index contributed by atoms with van der Waals surface area (Å²) in [5.41, 5.74) is 1.99. The summed E-state index contributed by atoms with van der Waals surface area (Å²) in [7, 11) is 2.02. The van der Waals surface area contributed by atoms with Gasteiger partial charge < -0.3 is 10.2 Å². The van der Waals surface area contributed by atoms with Gasteiger partial charge in [-0.15, -0.1) is 11.3 Å². The third-order valence-electron chi connectivity index (χ3n) is 4.71. The van der Waals surface area contributed by atoms with Gasteiger partial charge in [0.15, 0.2) is 0 Å². The number of aryl methyl sites for hydroxylation is 1. The van der Waals surface area contributed by atoms with Crippen LogP contribution in [0.4, 0.5) is 5.82 Å². The molecule has 3 aromatic rings. The SMILES string of the molecule is Cc1c(C(=O)NCCC(C)C)sc2ncnc(N(C)CCc3ccccn3)c12. The van der Waals surface area contributed by atoms with Gasteiger partial charge in [0.25, 0.3) is 5.91 Å². The molecule has 0 aliphatic rings. The molecule has 3 heterocycles. The van der Waals surface area contributed by atoms with Crippen molar-refractivity contribution in [1.82, 2.24) is 20.3 Å². The number of anilines is 1. The van der Waals surface area contributed by atoms with Crippen LogP contribution < -0.4 is 10.2 Å². The molecule has 0 radical (unpaired) electrons. The molecule has 0 aromatic carbocycles. The molecule has 3 rings (SSSR count). The Labute approximate surface area is 170 Å². The first-order valence-electron chi connectivity index (χ1n) is 9.60. The molecule has 0 atom stereocenters. The second-order valence-electron chi connectivity index (χ2n) is 7.36. The molecule has 1 N–H and O–H groups in total. The minimum atomic E-state index is -0.0248. The van der Waals surface area contributed by atoms with Crippen LogP contribution in [0.25, 0.3) is 10.2 Å². The molecule has 28 heavy (non-hydrogen) atoms. The molecule has 1 amide bonds. The number of hydrogen-bond acceptors (Lipinski definition) is 6. The first-order chi connectivity index (χ1) is 13.5. The van der Waals surface area contributed by atoms with Gasteiger partial charge in [-0.3, -0.25) is 9.78 Å². The average molecular weight is 398 g/mol. The van der Waals surface area contributed by atoms with E-state index in [1.165, 1.54) is 11.3 Å². The maximum atomic E-state index is 12.6. The molecule has 0 spiro atoms. The highest BCUT2D eigenvalue weighted by Crippen LogP contribution is 2.34. The molecule has 0 aliphatic heterocycles. The summed E-state index contributed by atoms with van der Waals surface area (Å²) in [6, 6.07) is 5.95. The fourth-order valence-corrected chi connectivity index (χ4v) is 4.11. The van der Waals surface area contributed by atoms with E-state index in [1.807, 2.05) is 38.4 Å². The van der Waals surface area contributed by atoms with E-state index in [-0.39, 0.29) is 5.91 Å². The number of carbonyl (C=O) groups excluding carboxylic acids is 1. The Morgan fingerprint density at radius 3 is 2.79 bits per heavy atom. The largest absolute Gasteiger partial charge is 0.359 e. The van der Waals surface area contributed by atoms with Crippen molar-refractivity contribution in [3.8, 4) is 0 Å². The van der Waals surface area contributed by atoms with E-state index >= 15 is 0 Å². The van der Waals surface area contributed by atoms with Gasteiger partial charge in [0, 0.05) is 38.4 Å². The topological polar surface area (TPSA) is 71.0 Å². The average Bonchev–Trinajstić information content (AvgIpc) is 3.03. The predicted molar refractivity (Wildman–Crippen MR) is 115 cm³/mol. The van der Waals surface area contributed by atoms with Crippen molar-refractivity contribution in [3.05, 3.63) is 46.9 Å². The van der Waals surface area contributed by atoms with Crippen molar-refractivity contribution in [3.63, 3.8) is 0 Å². The number of thiophene rings is 1. The fraction of sp³-hybridized carbons (Fsp3) is 0.429. The Morgan fingerprint density at radius 1 is 1.25 bits per heavy atom. The van der Waals surface area contributed by atoms with Gasteiger partial charge in [0.05, 0.1) is 10.3 Å². The Hall–Kier alpha value is -2.54. The molecular weight excluding hydrogens is 370 g/mol. The lowest BCUT2D eigenvalue weighted by Gasteiger charge is -2.19. The van der Waals surface area contributed by atoms with E-state index in [1.54, 1.807) is 6.33 Å². The molecule has 0 saturated heterocycles. The summed E-state index contributed by atoms with van der Waals surface area (Å²) in [5, 5.41) is 3.99. The molecule has 0 unspecified atom stereocenters. The van der Waals surface area contributed by atoms with Gasteiger partial charge in [-0.05, 0) is 37.0 Å². The van der Waals surface area contributed by atoms with Crippen LogP contribution in [0.3, 0.4) is 0 Å². The third-order valence-corrected chi connectivity index (χ3v) is 5.91. The van der Waals surface area contributed by atoms with E-state index in [9.17, 15) is 4.79 Å². The lowest BCUT2D eigenvalue weighted by molar-refractivity contribution is 0.0955. The van der Waals surface area contributed by atoms with E-state index < -0.39 is 0 Å². The number of rotatable bonds is 8. The molecule has 0 fully saturated rings. The minimum Gasteiger partial charge on any atom is -0.359 e. The quantitative estimate of drug-likeness (QED) is 0.625. The zero-order chi connectivity index (χ0) is 20.1. The number of nitrogens with one attached hydrogen (secondary N) is 1. The van der Waals surface area contributed by atoms with Crippen LogP contribution in [0, 0.1) is 12.8 Å². The maximum absolute atomic E-state index is 12.6. The first kappa shape index (κ1) is 20.2. The second kappa shape index (κ2) is 9.10. The number of nitrogens with zero attached hydrogens (tertiary/aromatic N) is 4. The minimum absolute atomic E-state index is 0.0248. The molecule has 3 aromatic heterocycles. The van der Waals surface area contributed by atoms with Crippen molar-refractivity contribution < 1.29 is 4.79 Å². The van der Waals surface area contributed by atoms with Crippen LogP contribution in [-0.2, 0) is 6.42 Å². The lowest BCUT2D eigenvalue weighted by atomic mass is 10.1. The van der Waals surface area contributed by atoms with E-state index in [0.717, 1.165) is 51.6 Å². The summed E-state index contributed by atoms with van der Waals surface area (Å²) in [6.07, 6.45) is 5.18.